The van der Waals surface area contributed by atoms with E-state index in [2.05, 4.69) is 31.4 Å². The summed E-state index contributed by atoms with van der Waals surface area (Å²) in [6, 6.07) is 12.0. The Balaban J connectivity index is 1.20. The smallest absolute Gasteiger partial charge is 0.336 e. The predicted molar refractivity (Wildman–Crippen MR) is 183 cm³/mol. The average Bonchev–Trinajstić information content (AvgIpc) is 3.77. The SMILES string of the molecule is C=Cc1oc(C2CC2)c(CC/C=C2/CCCCC(c3ccc4c(c3)C(=C)C(C)C=C4C(=O)O)CC2)c1-c1ccc(Cl)cc1Cl. The Kier molecular flexibility index (Phi) is 9.08. The molecule has 6 rings (SSSR count). The van der Waals surface area contributed by atoms with Crippen molar-refractivity contribution < 1.29 is 14.3 Å². The van der Waals surface area contributed by atoms with Gasteiger partial charge in [-0.05, 0) is 104 Å². The zero-order valence-electron chi connectivity index (χ0n) is 25.4. The Hall–Kier alpha value is -3.27. The molecule has 44 heavy (non-hydrogen) atoms. The van der Waals surface area contributed by atoms with Crippen LogP contribution in [0.2, 0.25) is 10.0 Å². The second-order valence-electron chi connectivity index (χ2n) is 12.7. The van der Waals surface area contributed by atoms with E-state index in [0.29, 0.717) is 27.5 Å². The van der Waals surface area contributed by atoms with Gasteiger partial charge in [0, 0.05) is 33.5 Å². The predicted octanol–water partition coefficient (Wildman–Crippen LogP) is 11.9. The van der Waals surface area contributed by atoms with E-state index in [9.17, 15) is 9.90 Å². The van der Waals surface area contributed by atoms with Crippen LogP contribution in [-0.4, -0.2) is 11.1 Å². The first kappa shape index (κ1) is 30.7. The minimum atomic E-state index is -0.872. The molecule has 1 heterocycles. The van der Waals surface area contributed by atoms with E-state index in [4.69, 9.17) is 27.6 Å². The van der Waals surface area contributed by atoms with Crippen molar-refractivity contribution in [2.45, 2.75) is 83.0 Å². The molecule has 0 bridgehead atoms. The summed E-state index contributed by atoms with van der Waals surface area (Å²) in [5.74, 6) is 1.97. The highest BCUT2D eigenvalue weighted by Crippen LogP contribution is 2.48. The quantitative estimate of drug-likeness (QED) is 0.253. The van der Waals surface area contributed by atoms with Crippen molar-refractivity contribution in [1.29, 1.82) is 0 Å². The Morgan fingerprint density at radius 3 is 2.52 bits per heavy atom. The minimum absolute atomic E-state index is 0.0187. The number of halogens is 2. The molecule has 1 aromatic heterocycles. The Labute approximate surface area is 271 Å². The number of hydrogen-bond acceptors (Lipinski definition) is 2. The van der Waals surface area contributed by atoms with E-state index in [-0.39, 0.29) is 5.92 Å². The molecule has 2 atom stereocenters. The fraction of sp³-hybridized carbons (Fsp3) is 0.359. The van der Waals surface area contributed by atoms with Crippen molar-refractivity contribution in [2.75, 3.05) is 0 Å². The van der Waals surface area contributed by atoms with Crippen LogP contribution in [-0.2, 0) is 11.2 Å². The van der Waals surface area contributed by atoms with Crippen LogP contribution in [0.25, 0.3) is 28.3 Å². The first-order valence-corrected chi connectivity index (χ1v) is 16.7. The standard InChI is InChI=1S/C39H40Cl2O3/c1-4-36-37(31-19-17-29(40)22-35(31)41)32(38(44-36)27-14-15-27)11-7-9-25-8-5-6-10-26(13-12-25)28-16-18-30-33(21-28)24(3)23(2)20-34(30)39(42)43/h4,9,16-23,26-27H,1,3,5-8,10-15H2,2H3,(H,42,43)/b25-9-. The van der Waals surface area contributed by atoms with Gasteiger partial charge in [0.05, 0.1) is 10.6 Å². The number of aliphatic carboxylic acids is 1. The van der Waals surface area contributed by atoms with Crippen molar-refractivity contribution in [3.8, 4) is 11.1 Å². The van der Waals surface area contributed by atoms with E-state index in [0.717, 1.165) is 90.7 Å². The lowest BCUT2D eigenvalue weighted by Crippen LogP contribution is -2.13. The summed E-state index contributed by atoms with van der Waals surface area (Å²) in [5, 5.41) is 11.0. The van der Waals surface area contributed by atoms with E-state index >= 15 is 0 Å². The van der Waals surface area contributed by atoms with Gasteiger partial charge in [-0.2, -0.15) is 0 Å². The van der Waals surface area contributed by atoms with Crippen molar-refractivity contribution in [3.05, 3.63) is 111 Å². The molecule has 3 aliphatic carbocycles. The molecule has 3 aromatic rings. The van der Waals surface area contributed by atoms with Crippen LogP contribution in [0.15, 0.2) is 71.7 Å². The topological polar surface area (TPSA) is 50.4 Å². The third-order valence-corrected chi connectivity index (χ3v) is 10.2. The Morgan fingerprint density at radius 1 is 1.00 bits per heavy atom. The van der Waals surface area contributed by atoms with Crippen LogP contribution in [0.3, 0.4) is 0 Å². The van der Waals surface area contributed by atoms with Crippen molar-refractivity contribution in [1.82, 2.24) is 0 Å². The average molecular weight is 628 g/mol. The fourth-order valence-corrected chi connectivity index (χ4v) is 7.58. The molecule has 228 valence electrons. The normalized spacial score (nSPS) is 21.4. The lowest BCUT2D eigenvalue weighted by molar-refractivity contribution is -0.130. The number of hydrogen-bond donors (Lipinski definition) is 1. The highest BCUT2D eigenvalue weighted by atomic mass is 35.5. The zero-order valence-corrected chi connectivity index (χ0v) is 26.9. The summed E-state index contributed by atoms with van der Waals surface area (Å²) in [6.45, 7) is 10.4. The van der Waals surface area contributed by atoms with E-state index in [1.807, 2.05) is 31.2 Å². The number of carbonyl (C=O) groups is 1. The van der Waals surface area contributed by atoms with Gasteiger partial charge in [-0.1, -0.05) is 91.7 Å². The number of carboxylic acid groups (broad SMARTS) is 1. The zero-order chi connectivity index (χ0) is 31.0. The van der Waals surface area contributed by atoms with Gasteiger partial charge >= 0.3 is 5.97 Å². The number of fused-ring (bicyclic) bond motifs is 1. The molecule has 3 aliphatic rings. The van der Waals surface area contributed by atoms with Crippen LogP contribution < -0.4 is 0 Å². The van der Waals surface area contributed by atoms with Crippen LogP contribution >= 0.6 is 23.2 Å². The summed E-state index contributed by atoms with van der Waals surface area (Å²) < 4.78 is 6.40. The van der Waals surface area contributed by atoms with E-state index in [1.54, 1.807) is 12.1 Å². The lowest BCUT2D eigenvalue weighted by atomic mass is 9.78. The van der Waals surface area contributed by atoms with E-state index in [1.165, 1.54) is 29.5 Å². The second kappa shape index (κ2) is 13.0. The summed E-state index contributed by atoms with van der Waals surface area (Å²) >= 11 is 12.9. The number of benzene rings is 2. The van der Waals surface area contributed by atoms with Gasteiger partial charge in [0.1, 0.15) is 11.5 Å². The van der Waals surface area contributed by atoms with Crippen LogP contribution in [0.1, 0.15) is 110 Å². The van der Waals surface area contributed by atoms with Crippen molar-refractivity contribution in [3.63, 3.8) is 0 Å². The second-order valence-corrected chi connectivity index (χ2v) is 13.5. The molecule has 0 radical (unpaired) electrons. The summed E-state index contributed by atoms with van der Waals surface area (Å²) in [7, 11) is 0. The maximum Gasteiger partial charge on any atom is 0.336 e. The minimum Gasteiger partial charge on any atom is -0.478 e. The van der Waals surface area contributed by atoms with Gasteiger partial charge in [-0.15, -0.1) is 0 Å². The van der Waals surface area contributed by atoms with Gasteiger partial charge in [0.25, 0.3) is 0 Å². The number of allylic oxidation sites excluding steroid dienone is 4. The highest BCUT2D eigenvalue weighted by molar-refractivity contribution is 6.36. The molecule has 3 nitrogen and oxygen atoms in total. The van der Waals surface area contributed by atoms with Gasteiger partial charge in [0.2, 0.25) is 0 Å². The Morgan fingerprint density at radius 2 is 1.80 bits per heavy atom. The van der Waals surface area contributed by atoms with Gasteiger partial charge in [-0.25, -0.2) is 4.79 Å². The first-order chi connectivity index (χ1) is 21.2. The van der Waals surface area contributed by atoms with Crippen LogP contribution in [0.4, 0.5) is 0 Å². The lowest BCUT2D eigenvalue weighted by Gasteiger charge is -2.26. The Bertz CT molecular complexity index is 1680. The third kappa shape index (κ3) is 6.28. The van der Waals surface area contributed by atoms with Crippen molar-refractivity contribution >= 4 is 46.4 Å². The van der Waals surface area contributed by atoms with E-state index < -0.39 is 5.97 Å². The van der Waals surface area contributed by atoms with Gasteiger partial charge < -0.3 is 9.52 Å². The summed E-state index contributed by atoms with van der Waals surface area (Å²) in [4.78, 5) is 11.9. The molecule has 2 fully saturated rings. The molecule has 2 aromatic carbocycles. The maximum absolute atomic E-state index is 11.9. The molecular formula is C39H40Cl2O3. The largest absolute Gasteiger partial charge is 0.478 e. The maximum atomic E-state index is 11.9. The van der Waals surface area contributed by atoms with Crippen LogP contribution in [0.5, 0.6) is 0 Å². The molecular weight excluding hydrogens is 587 g/mol. The molecule has 1 N–H and O–H groups in total. The number of furan rings is 1. The molecule has 2 unspecified atom stereocenters. The highest BCUT2D eigenvalue weighted by Gasteiger charge is 2.33. The van der Waals surface area contributed by atoms with Gasteiger partial charge in [0.15, 0.2) is 0 Å². The van der Waals surface area contributed by atoms with Crippen molar-refractivity contribution in [2.24, 2.45) is 5.92 Å². The molecule has 5 heteroatoms. The summed E-state index contributed by atoms with van der Waals surface area (Å²) in [6.07, 6.45) is 17.1. The monoisotopic (exact) mass is 626 g/mol. The molecule has 2 saturated carbocycles. The number of carboxylic acids is 1. The first-order valence-electron chi connectivity index (χ1n) is 15.9. The molecule has 0 amide bonds. The van der Waals surface area contributed by atoms with Gasteiger partial charge in [-0.3, -0.25) is 0 Å². The number of rotatable bonds is 8. The molecule has 0 aliphatic heterocycles. The molecule has 0 saturated heterocycles. The summed E-state index contributed by atoms with van der Waals surface area (Å²) in [5.41, 5.74) is 9.28. The van der Waals surface area contributed by atoms with Crippen LogP contribution in [0, 0.1) is 5.92 Å². The third-order valence-electron chi connectivity index (χ3n) is 9.69. The fourth-order valence-electron chi connectivity index (χ4n) is 7.08. The molecule has 0 spiro atoms.